The number of hydrogen-bond donors (Lipinski definition) is 0. The molecule has 0 aliphatic carbocycles. The number of benzene rings is 1. The zero-order valence-electron chi connectivity index (χ0n) is 9.34. The van der Waals surface area contributed by atoms with E-state index >= 15 is 0 Å². The van der Waals surface area contributed by atoms with E-state index in [2.05, 4.69) is 9.72 Å². The monoisotopic (exact) mass is 303 g/mol. The number of esters is 1. The van der Waals surface area contributed by atoms with Crippen molar-refractivity contribution in [2.45, 2.75) is 6.42 Å². The molecule has 0 fully saturated rings. The maximum atomic E-state index is 11.2. The van der Waals surface area contributed by atoms with Crippen molar-refractivity contribution in [3.63, 3.8) is 0 Å². The number of hydrogen-bond acceptors (Lipinski definition) is 3. The summed E-state index contributed by atoms with van der Waals surface area (Å²) < 4.78 is 4.58. The van der Waals surface area contributed by atoms with Crippen molar-refractivity contribution in [3.8, 4) is 0 Å². The fourth-order valence-corrected chi connectivity index (χ4v) is 2.38. The van der Waals surface area contributed by atoms with Crippen LogP contribution >= 0.6 is 34.8 Å². The fraction of sp³-hybridized carbons (Fsp3) is 0.167. The summed E-state index contributed by atoms with van der Waals surface area (Å²) >= 11 is 18.1. The number of ether oxygens (including phenoxy) is 1. The minimum Gasteiger partial charge on any atom is -0.469 e. The summed E-state index contributed by atoms with van der Waals surface area (Å²) in [5.74, 6) is -0.386. The van der Waals surface area contributed by atoms with Gasteiger partial charge in [-0.05, 0) is 18.2 Å². The van der Waals surface area contributed by atoms with Crippen LogP contribution in [0.25, 0.3) is 10.9 Å². The molecule has 2 aromatic rings. The minimum absolute atomic E-state index is 0.0467. The van der Waals surface area contributed by atoms with E-state index in [1.54, 1.807) is 18.2 Å². The standard InChI is InChI=1S/C12H8Cl3NO2/c1-18-11(17)5-7-4-9(14)8-2-6(13)3-10(15)12(8)16-7/h2-4H,5H2,1H3. The van der Waals surface area contributed by atoms with E-state index in [1.165, 1.54) is 7.11 Å². The van der Waals surface area contributed by atoms with Gasteiger partial charge in [-0.25, -0.2) is 0 Å². The van der Waals surface area contributed by atoms with Crippen LogP contribution in [0, 0.1) is 0 Å². The second-order valence-electron chi connectivity index (χ2n) is 3.63. The SMILES string of the molecule is COC(=O)Cc1cc(Cl)c2cc(Cl)cc(Cl)c2n1. The van der Waals surface area contributed by atoms with Crippen molar-refractivity contribution in [1.29, 1.82) is 0 Å². The Kier molecular flexibility index (Phi) is 3.95. The molecule has 0 aliphatic heterocycles. The molecule has 0 atom stereocenters. The number of pyridine rings is 1. The van der Waals surface area contributed by atoms with Crippen LogP contribution in [0.2, 0.25) is 15.1 Å². The first-order valence-electron chi connectivity index (χ1n) is 5.02. The Morgan fingerprint density at radius 2 is 1.94 bits per heavy atom. The molecule has 0 saturated carbocycles. The van der Waals surface area contributed by atoms with Gasteiger partial charge in [-0.1, -0.05) is 34.8 Å². The van der Waals surface area contributed by atoms with Gasteiger partial charge in [0.25, 0.3) is 0 Å². The molecule has 0 N–H and O–H groups in total. The molecule has 1 aromatic carbocycles. The molecule has 18 heavy (non-hydrogen) atoms. The van der Waals surface area contributed by atoms with Gasteiger partial charge in [0.2, 0.25) is 0 Å². The number of aromatic nitrogens is 1. The van der Waals surface area contributed by atoms with Gasteiger partial charge in [0.05, 0.1) is 34.8 Å². The molecule has 1 heterocycles. The zero-order valence-corrected chi connectivity index (χ0v) is 11.6. The maximum absolute atomic E-state index is 11.2. The molecule has 0 spiro atoms. The van der Waals surface area contributed by atoms with Crippen LogP contribution in [0.15, 0.2) is 18.2 Å². The van der Waals surface area contributed by atoms with Crippen molar-refractivity contribution in [2.75, 3.05) is 7.11 Å². The molecule has 1 aromatic heterocycles. The Bertz CT molecular complexity index is 628. The lowest BCUT2D eigenvalue weighted by molar-refractivity contribution is -0.139. The summed E-state index contributed by atoms with van der Waals surface area (Å²) in [6, 6.07) is 4.87. The van der Waals surface area contributed by atoms with E-state index < -0.39 is 0 Å². The Balaban J connectivity index is 2.58. The summed E-state index contributed by atoms with van der Waals surface area (Å²) in [4.78, 5) is 15.5. The highest BCUT2D eigenvalue weighted by Crippen LogP contribution is 2.31. The van der Waals surface area contributed by atoms with Crippen LogP contribution in [0.3, 0.4) is 0 Å². The van der Waals surface area contributed by atoms with E-state index in [0.717, 1.165) is 0 Å². The third-order valence-electron chi connectivity index (χ3n) is 2.39. The van der Waals surface area contributed by atoms with Crippen LogP contribution in [-0.2, 0) is 16.0 Å². The number of fused-ring (bicyclic) bond motifs is 1. The largest absolute Gasteiger partial charge is 0.469 e. The van der Waals surface area contributed by atoms with Gasteiger partial charge < -0.3 is 4.74 Å². The molecule has 0 amide bonds. The number of rotatable bonds is 2. The van der Waals surface area contributed by atoms with Crippen LogP contribution in [0.1, 0.15) is 5.69 Å². The second kappa shape index (κ2) is 5.31. The molecule has 2 rings (SSSR count). The van der Waals surface area contributed by atoms with E-state index in [-0.39, 0.29) is 12.4 Å². The summed E-state index contributed by atoms with van der Waals surface area (Å²) in [7, 11) is 1.32. The van der Waals surface area contributed by atoms with Crippen molar-refractivity contribution in [1.82, 2.24) is 4.98 Å². The first-order chi connectivity index (χ1) is 8.51. The van der Waals surface area contributed by atoms with E-state index in [0.29, 0.717) is 31.7 Å². The molecular weight excluding hydrogens is 296 g/mol. The highest BCUT2D eigenvalue weighted by atomic mass is 35.5. The fourth-order valence-electron chi connectivity index (χ4n) is 1.57. The van der Waals surface area contributed by atoms with Crippen molar-refractivity contribution < 1.29 is 9.53 Å². The first kappa shape index (κ1) is 13.4. The van der Waals surface area contributed by atoms with Crippen molar-refractivity contribution in [3.05, 3.63) is 39.0 Å². The molecule has 0 unspecified atom stereocenters. The Labute approximate surface area is 119 Å². The molecular formula is C12H8Cl3NO2. The lowest BCUT2D eigenvalue weighted by Gasteiger charge is -2.06. The van der Waals surface area contributed by atoms with Crippen molar-refractivity contribution in [2.24, 2.45) is 0 Å². The molecule has 3 nitrogen and oxygen atoms in total. The first-order valence-corrected chi connectivity index (χ1v) is 6.15. The Morgan fingerprint density at radius 3 is 2.61 bits per heavy atom. The molecule has 6 heteroatoms. The number of halogens is 3. The number of carbonyl (C=O) groups is 1. The molecule has 0 aliphatic rings. The molecule has 94 valence electrons. The highest BCUT2D eigenvalue weighted by molar-refractivity contribution is 6.41. The van der Waals surface area contributed by atoms with Gasteiger partial charge in [0.1, 0.15) is 0 Å². The molecule has 0 saturated heterocycles. The van der Waals surface area contributed by atoms with Crippen molar-refractivity contribution >= 4 is 51.7 Å². The van der Waals surface area contributed by atoms with Gasteiger partial charge in [0.15, 0.2) is 0 Å². The number of carbonyl (C=O) groups excluding carboxylic acids is 1. The smallest absolute Gasteiger partial charge is 0.311 e. The Hall–Kier alpha value is -1.03. The minimum atomic E-state index is -0.386. The van der Waals surface area contributed by atoms with Gasteiger partial charge in [-0.15, -0.1) is 0 Å². The van der Waals surface area contributed by atoms with E-state index in [9.17, 15) is 4.79 Å². The predicted octanol–water partition coefficient (Wildman–Crippen LogP) is 3.91. The average molecular weight is 305 g/mol. The zero-order chi connectivity index (χ0) is 13.3. The number of nitrogens with zero attached hydrogens (tertiary/aromatic N) is 1. The van der Waals surface area contributed by atoms with Crippen LogP contribution < -0.4 is 0 Å². The average Bonchev–Trinajstić information content (AvgIpc) is 2.30. The third-order valence-corrected chi connectivity index (χ3v) is 3.21. The quantitative estimate of drug-likeness (QED) is 0.790. The molecule has 0 bridgehead atoms. The Morgan fingerprint density at radius 1 is 1.22 bits per heavy atom. The lowest BCUT2D eigenvalue weighted by Crippen LogP contribution is -2.06. The van der Waals surface area contributed by atoms with E-state index in [4.69, 9.17) is 34.8 Å². The second-order valence-corrected chi connectivity index (χ2v) is 4.88. The predicted molar refractivity (Wildman–Crippen MR) is 72.5 cm³/mol. The van der Waals surface area contributed by atoms with Gasteiger partial charge in [0, 0.05) is 10.4 Å². The van der Waals surface area contributed by atoms with Gasteiger partial charge in [-0.3, -0.25) is 9.78 Å². The molecule has 0 radical (unpaired) electrons. The van der Waals surface area contributed by atoms with E-state index in [1.807, 2.05) is 0 Å². The normalized spacial score (nSPS) is 10.7. The number of methoxy groups -OCH3 is 1. The summed E-state index contributed by atoms with van der Waals surface area (Å²) in [6.45, 7) is 0. The summed E-state index contributed by atoms with van der Waals surface area (Å²) in [6.07, 6.45) is 0.0467. The van der Waals surface area contributed by atoms with Crippen LogP contribution in [0.4, 0.5) is 0 Å². The van der Waals surface area contributed by atoms with Crippen LogP contribution in [0.5, 0.6) is 0 Å². The topological polar surface area (TPSA) is 39.2 Å². The highest BCUT2D eigenvalue weighted by Gasteiger charge is 2.11. The maximum Gasteiger partial charge on any atom is 0.311 e. The lowest BCUT2D eigenvalue weighted by atomic mass is 10.2. The summed E-state index contributed by atoms with van der Waals surface area (Å²) in [5, 5.41) is 1.98. The van der Waals surface area contributed by atoms with Gasteiger partial charge >= 0.3 is 5.97 Å². The summed E-state index contributed by atoms with van der Waals surface area (Å²) in [5.41, 5.74) is 1.02. The third kappa shape index (κ3) is 2.69. The van der Waals surface area contributed by atoms with Crippen LogP contribution in [-0.4, -0.2) is 18.1 Å². The van der Waals surface area contributed by atoms with Gasteiger partial charge in [-0.2, -0.15) is 0 Å².